The highest BCUT2D eigenvalue weighted by Crippen LogP contribution is 2.35. The number of morpholine rings is 1. The van der Waals surface area contributed by atoms with Crippen LogP contribution in [0.5, 0.6) is 0 Å². The Morgan fingerprint density at radius 2 is 1.88 bits per heavy atom. The van der Waals surface area contributed by atoms with E-state index in [-0.39, 0.29) is 12.0 Å². The van der Waals surface area contributed by atoms with Crippen LogP contribution in [0.2, 0.25) is 0 Å². The predicted octanol–water partition coefficient (Wildman–Crippen LogP) is 1.03. The van der Waals surface area contributed by atoms with Crippen LogP contribution in [0.15, 0.2) is 18.5 Å². The number of anilines is 2. The second-order valence-corrected chi connectivity index (χ2v) is 11.8. The second kappa shape index (κ2) is 9.30. The monoisotopic (exact) mass is 504 g/mol. The molecule has 2 N–H and O–H groups in total. The molecule has 2 aliphatic heterocycles. The first kappa shape index (κ1) is 23.3. The Morgan fingerprint density at radius 1 is 1.15 bits per heavy atom. The lowest BCUT2D eigenvalue weighted by molar-refractivity contribution is 0.122. The first-order valence-electron chi connectivity index (χ1n) is 11.2. The fraction of sp³-hybridized carbons (Fsp3) is 0.524. The number of nitrogens with zero attached hydrogens (tertiary/aromatic N) is 7. The smallest absolute Gasteiger partial charge is 0.219 e. The summed E-state index contributed by atoms with van der Waals surface area (Å²) in [5.74, 6) is 1.67. The summed E-state index contributed by atoms with van der Waals surface area (Å²) in [5.41, 5.74) is 7.24. The Balaban J connectivity index is 1.46. The summed E-state index contributed by atoms with van der Waals surface area (Å²) in [7, 11) is -3.19. The number of aromatic nitrogens is 4. The summed E-state index contributed by atoms with van der Waals surface area (Å²) in [4.78, 5) is 23.6. The fourth-order valence-electron chi connectivity index (χ4n) is 4.49. The standard InChI is InChI=1S/C21H28N8O3S2/c1-14-12-27(3-4-29(14)34(2,30)31)13-16-9-17-18(33-16)20(28-5-7-32-8-6-28)26-19(25-17)15-10-23-21(22)24-11-15/h9-11,14H,3-8,12-13H2,1-2H3,(H2,22,23,24)/t14-/m0/s1. The highest BCUT2D eigenvalue weighted by atomic mass is 32.2. The molecule has 13 heteroatoms. The molecule has 0 spiro atoms. The molecule has 0 radical (unpaired) electrons. The number of rotatable bonds is 5. The number of nitrogen functional groups attached to an aromatic ring is 1. The van der Waals surface area contributed by atoms with Gasteiger partial charge in [-0.1, -0.05) is 0 Å². The van der Waals surface area contributed by atoms with Crippen LogP contribution in [0.1, 0.15) is 11.8 Å². The van der Waals surface area contributed by atoms with Gasteiger partial charge in [0.2, 0.25) is 16.0 Å². The van der Waals surface area contributed by atoms with E-state index in [4.69, 9.17) is 20.4 Å². The molecule has 0 saturated carbocycles. The lowest BCUT2D eigenvalue weighted by atomic mass is 10.2. The van der Waals surface area contributed by atoms with E-state index in [1.807, 2.05) is 6.92 Å². The number of nitrogens with two attached hydrogens (primary N) is 1. The molecule has 0 aliphatic carbocycles. The molecular formula is C21H28N8O3S2. The van der Waals surface area contributed by atoms with Gasteiger partial charge >= 0.3 is 0 Å². The molecule has 2 fully saturated rings. The van der Waals surface area contributed by atoms with E-state index in [9.17, 15) is 8.42 Å². The van der Waals surface area contributed by atoms with Gasteiger partial charge in [-0.2, -0.15) is 4.31 Å². The van der Waals surface area contributed by atoms with Crippen molar-refractivity contribution in [2.75, 3.05) is 62.8 Å². The maximum absolute atomic E-state index is 12.0. The van der Waals surface area contributed by atoms with Crippen molar-refractivity contribution in [3.8, 4) is 11.4 Å². The largest absolute Gasteiger partial charge is 0.378 e. The van der Waals surface area contributed by atoms with Gasteiger partial charge in [0, 0.05) is 62.6 Å². The third-order valence-corrected chi connectivity index (χ3v) is 8.60. The minimum Gasteiger partial charge on any atom is -0.378 e. The molecular weight excluding hydrogens is 476 g/mol. The number of sulfonamides is 1. The minimum absolute atomic E-state index is 0.0565. The van der Waals surface area contributed by atoms with Gasteiger partial charge in [0.25, 0.3) is 0 Å². The summed E-state index contributed by atoms with van der Waals surface area (Å²) in [6, 6.07) is 2.06. The van der Waals surface area contributed by atoms with Gasteiger partial charge in [-0.15, -0.1) is 11.3 Å². The highest BCUT2D eigenvalue weighted by molar-refractivity contribution is 7.88. The summed E-state index contributed by atoms with van der Waals surface area (Å²) in [6.45, 7) is 7.44. The van der Waals surface area contributed by atoms with E-state index in [1.165, 1.54) is 11.1 Å². The normalized spacial score (nSPS) is 20.8. The molecule has 11 nitrogen and oxygen atoms in total. The van der Waals surface area contributed by atoms with E-state index in [0.29, 0.717) is 44.2 Å². The van der Waals surface area contributed by atoms with E-state index < -0.39 is 10.0 Å². The van der Waals surface area contributed by atoms with Crippen molar-refractivity contribution in [1.82, 2.24) is 29.1 Å². The molecule has 0 aromatic carbocycles. The molecule has 2 saturated heterocycles. The molecule has 3 aromatic heterocycles. The quantitative estimate of drug-likeness (QED) is 0.537. The summed E-state index contributed by atoms with van der Waals surface area (Å²) in [5, 5.41) is 0. The Bertz CT molecular complexity index is 1280. The van der Waals surface area contributed by atoms with Crippen LogP contribution in [-0.2, 0) is 21.3 Å². The Morgan fingerprint density at radius 3 is 2.56 bits per heavy atom. The van der Waals surface area contributed by atoms with Gasteiger partial charge < -0.3 is 15.4 Å². The third-order valence-electron chi connectivity index (χ3n) is 6.10. The molecule has 34 heavy (non-hydrogen) atoms. The van der Waals surface area contributed by atoms with Gasteiger partial charge in [-0.3, -0.25) is 4.90 Å². The Hall–Kier alpha value is -2.45. The van der Waals surface area contributed by atoms with Crippen LogP contribution in [0, 0.1) is 0 Å². The molecule has 0 amide bonds. The zero-order valence-electron chi connectivity index (χ0n) is 19.2. The van der Waals surface area contributed by atoms with Crippen molar-refractivity contribution in [2.24, 2.45) is 0 Å². The zero-order chi connectivity index (χ0) is 23.9. The summed E-state index contributed by atoms with van der Waals surface area (Å²) < 4.78 is 32.2. The lowest BCUT2D eigenvalue weighted by Gasteiger charge is -2.38. The second-order valence-electron chi connectivity index (χ2n) is 8.69. The average molecular weight is 505 g/mol. The number of ether oxygens (including phenoxy) is 1. The number of hydrogen-bond acceptors (Lipinski definition) is 11. The van der Waals surface area contributed by atoms with Crippen LogP contribution < -0.4 is 10.6 Å². The topological polar surface area (TPSA) is 131 Å². The maximum Gasteiger partial charge on any atom is 0.219 e. The number of piperazine rings is 1. The molecule has 3 aromatic rings. The molecule has 1 atom stereocenters. The molecule has 2 aliphatic rings. The summed E-state index contributed by atoms with van der Waals surface area (Å²) >= 11 is 1.69. The minimum atomic E-state index is -3.19. The van der Waals surface area contributed by atoms with Gasteiger partial charge in [-0.25, -0.2) is 28.4 Å². The SMILES string of the molecule is C[C@H]1CN(Cc2cc3nc(-c4cnc(N)nc4)nc(N4CCOCC4)c3s2)CCN1S(C)(=O)=O. The molecule has 5 heterocycles. The number of fused-ring (bicyclic) bond motifs is 1. The lowest BCUT2D eigenvalue weighted by Crippen LogP contribution is -2.53. The Labute approximate surface area is 202 Å². The van der Waals surface area contributed by atoms with E-state index in [0.717, 1.165) is 35.7 Å². The van der Waals surface area contributed by atoms with Crippen molar-refractivity contribution in [3.05, 3.63) is 23.3 Å². The van der Waals surface area contributed by atoms with Crippen LogP contribution in [0.25, 0.3) is 21.6 Å². The highest BCUT2D eigenvalue weighted by Gasteiger charge is 2.30. The van der Waals surface area contributed by atoms with E-state index in [1.54, 1.807) is 28.0 Å². The molecule has 0 bridgehead atoms. The van der Waals surface area contributed by atoms with Gasteiger partial charge in [0.1, 0.15) is 0 Å². The van der Waals surface area contributed by atoms with E-state index >= 15 is 0 Å². The van der Waals surface area contributed by atoms with Crippen molar-refractivity contribution < 1.29 is 13.2 Å². The number of thiophene rings is 1. The fourth-order valence-corrected chi connectivity index (χ4v) is 6.78. The first-order valence-corrected chi connectivity index (χ1v) is 13.8. The van der Waals surface area contributed by atoms with Crippen LogP contribution in [0.4, 0.5) is 11.8 Å². The van der Waals surface area contributed by atoms with Crippen LogP contribution >= 0.6 is 11.3 Å². The average Bonchev–Trinajstić information content (AvgIpc) is 3.21. The number of hydrogen-bond donors (Lipinski definition) is 1. The van der Waals surface area contributed by atoms with Crippen molar-refractivity contribution >= 4 is 43.3 Å². The van der Waals surface area contributed by atoms with Crippen molar-refractivity contribution in [3.63, 3.8) is 0 Å². The molecule has 5 rings (SSSR count). The predicted molar refractivity (Wildman–Crippen MR) is 132 cm³/mol. The Kier molecular flexibility index (Phi) is 6.37. The zero-order valence-corrected chi connectivity index (χ0v) is 20.8. The molecule has 182 valence electrons. The van der Waals surface area contributed by atoms with Crippen LogP contribution in [-0.4, -0.2) is 95.8 Å². The van der Waals surface area contributed by atoms with E-state index in [2.05, 4.69) is 25.8 Å². The van der Waals surface area contributed by atoms with Crippen LogP contribution in [0.3, 0.4) is 0 Å². The van der Waals surface area contributed by atoms with Crippen molar-refractivity contribution in [1.29, 1.82) is 0 Å². The van der Waals surface area contributed by atoms with Gasteiger partial charge in [-0.05, 0) is 13.0 Å². The first-order chi connectivity index (χ1) is 16.3. The van der Waals surface area contributed by atoms with Crippen molar-refractivity contribution in [2.45, 2.75) is 19.5 Å². The maximum atomic E-state index is 12.0. The molecule has 0 unspecified atom stereocenters. The third kappa shape index (κ3) is 4.84. The van der Waals surface area contributed by atoms with Gasteiger partial charge in [0.15, 0.2) is 11.6 Å². The summed E-state index contributed by atoms with van der Waals surface area (Å²) in [6.07, 6.45) is 4.56. The van der Waals surface area contributed by atoms with Gasteiger partial charge in [0.05, 0.1) is 35.2 Å².